The summed E-state index contributed by atoms with van der Waals surface area (Å²) < 4.78 is 0. The first-order valence-corrected chi connectivity index (χ1v) is 7.52. The number of hydrogen-bond acceptors (Lipinski definition) is 4. The highest BCUT2D eigenvalue weighted by Gasteiger charge is 2.26. The SMILES string of the molecule is CNCC1CCCN1c1cccc(SC)c1C#N. The van der Waals surface area contributed by atoms with Gasteiger partial charge in [-0.15, -0.1) is 11.8 Å². The fourth-order valence-electron chi connectivity index (χ4n) is 2.64. The van der Waals surface area contributed by atoms with Crippen molar-refractivity contribution in [2.75, 3.05) is 31.3 Å². The van der Waals surface area contributed by atoms with Gasteiger partial charge in [-0.3, -0.25) is 0 Å². The highest BCUT2D eigenvalue weighted by Crippen LogP contribution is 2.33. The molecule has 2 rings (SSSR count). The van der Waals surface area contributed by atoms with Crippen LogP contribution in [-0.4, -0.2) is 32.4 Å². The molecular formula is C14H19N3S. The Morgan fingerprint density at radius 3 is 3.06 bits per heavy atom. The number of nitriles is 1. The molecule has 1 fully saturated rings. The van der Waals surface area contributed by atoms with E-state index in [9.17, 15) is 5.26 Å². The summed E-state index contributed by atoms with van der Waals surface area (Å²) in [5.41, 5.74) is 1.93. The number of nitrogens with zero attached hydrogens (tertiary/aromatic N) is 2. The molecule has 1 aromatic rings. The number of nitrogens with one attached hydrogen (secondary N) is 1. The van der Waals surface area contributed by atoms with Crippen molar-refractivity contribution in [3.63, 3.8) is 0 Å². The molecule has 0 spiro atoms. The normalized spacial score (nSPS) is 18.9. The van der Waals surface area contributed by atoms with E-state index in [2.05, 4.69) is 28.4 Å². The van der Waals surface area contributed by atoms with Gasteiger partial charge >= 0.3 is 0 Å². The van der Waals surface area contributed by atoms with Gasteiger partial charge < -0.3 is 10.2 Å². The fraction of sp³-hybridized carbons (Fsp3) is 0.500. The largest absolute Gasteiger partial charge is 0.366 e. The molecule has 1 aliphatic rings. The Morgan fingerprint density at radius 1 is 1.56 bits per heavy atom. The monoisotopic (exact) mass is 261 g/mol. The predicted octanol–water partition coefficient (Wildman–Crippen LogP) is 2.47. The number of likely N-dealkylation sites (N-methyl/N-ethyl adjacent to an activating group) is 1. The Bertz CT molecular complexity index is 453. The first-order valence-electron chi connectivity index (χ1n) is 6.30. The van der Waals surface area contributed by atoms with Crippen LogP contribution in [0.25, 0.3) is 0 Å². The van der Waals surface area contributed by atoms with Crippen LogP contribution in [0.5, 0.6) is 0 Å². The first-order chi connectivity index (χ1) is 8.81. The molecule has 0 saturated carbocycles. The number of thioether (sulfide) groups is 1. The number of hydrogen-bond donors (Lipinski definition) is 1. The minimum absolute atomic E-state index is 0.513. The van der Waals surface area contributed by atoms with Crippen LogP contribution in [0.3, 0.4) is 0 Å². The van der Waals surface area contributed by atoms with Crippen molar-refractivity contribution in [3.8, 4) is 6.07 Å². The summed E-state index contributed by atoms with van der Waals surface area (Å²) in [6, 6.07) is 9.04. The van der Waals surface area contributed by atoms with Gasteiger partial charge in [0.25, 0.3) is 0 Å². The van der Waals surface area contributed by atoms with Gasteiger partial charge in [-0.05, 0) is 38.3 Å². The van der Waals surface area contributed by atoms with Gasteiger partial charge in [-0.1, -0.05) is 6.07 Å². The number of rotatable bonds is 4. The van der Waals surface area contributed by atoms with Crippen molar-refractivity contribution in [1.29, 1.82) is 5.26 Å². The molecule has 1 atom stereocenters. The van der Waals surface area contributed by atoms with E-state index in [0.29, 0.717) is 6.04 Å². The Morgan fingerprint density at radius 2 is 2.39 bits per heavy atom. The van der Waals surface area contributed by atoms with Crippen LogP contribution < -0.4 is 10.2 Å². The molecule has 1 aromatic carbocycles. The lowest BCUT2D eigenvalue weighted by Crippen LogP contribution is -2.37. The van der Waals surface area contributed by atoms with Crippen LogP contribution >= 0.6 is 11.8 Å². The summed E-state index contributed by atoms with van der Waals surface area (Å²) in [6.07, 6.45) is 4.44. The third kappa shape index (κ3) is 2.47. The Kier molecular flexibility index (Phi) is 4.51. The van der Waals surface area contributed by atoms with Gasteiger partial charge in [-0.25, -0.2) is 0 Å². The molecule has 1 N–H and O–H groups in total. The van der Waals surface area contributed by atoms with Crippen molar-refractivity contribution >= 4 is 17.4 Å². The second kappa shape index (κ2) is 6.12. The topological polar surface area (TPSA) is 39.1 Å². The lowest BCUT2D eigenvalue weighted by molar-refractivity contribution is 0.615. The zero-order valence-corrected chi connectivity index (χ0v) is 11.8. The average molecular weight is 261 g/mol. The van der Waals surface area contributed by atoms with Crippen LogP contribution in [0.2, 0.25) is 0 Å². The standard InChI is InChI=1S/C14H19N3S/c1-16-10-11-5-4-8-17(11)13-6-3-7-14(18-2)12(13)9-15/h3,6-7,11,16H,4-5,8,10H2,1-2H3. The van der Waals surface area contributed by atoms with E-state index in [1.54, 1.807) is 11.8 Å². The molecule has 1 saturated heterocycles. The van der Waals surface area contributed by atoms with E-state index >= 15 is 0 Å². The second-order valence-electron chi connectivity index (χ2n) is 4.51. The van der Waals surface area contributed by atoms with E-state index in [1.165, 1.54) is 12.8 Å². The maximum atomic E-state index is 9.40. The molecular weight excluding hydrogens is 242 g/mol. The van der Waals surface area contributed by atoms with Gasteiger partial charge in [0.1, 0.15) is 6.07 Å². The summed E-state index contributed by atoms with van der Waals surface area (Å²) in [5, 5.41) is 12.6. The van der Waals surface area contributed by atoms with Crippen LogP contribution in [0.15, 0.2) is 23.1 Å². The van der Waals surface area contributed by atoms with E-state index in [-0.39, 0.29) is 0 Å². The minimum Gasteiger partial charge on any atom is -0.366 e. The molecule has 3 nitrogen and oxygen atoms in total. The third-order valence-electron chi connectivity index (χ3n) is 3.46. The molecule has 4 heteroatoms. The molecule has 0 bridgehead atoms. The summed E-state index contributed by atoms with van der Waals surface area (Å²) >= 11 is 1.64. The average Bonchev–Trinajstić information content (AvgIpc) is 2.86. The van der Waals surface area contributed by atoms with Crippen molar-refractivity contribution in [2.45, 2.75) is 23.8 Å². The van der Waals surface area contributed by atoms with Crippen LogP contribution in [0.1, 0.15) is 18.4 Å². The van der Waals surface area contributed by atoms with E-state index in [4.69, 9.17) is 0 Å². The zero-order chi connectivity index (χ0) is 13.0. The van der Waals surface area contributed by atoms with Gasteiger partial charge in [-0.2, -0.15) is 5.26 Å². The zero-order valence-electron chi connectivity index (χ0n) is 10.9. The lowest BCUT2D eigenvalue weighted by Gasteiger charge is -2.28. The predicted molar refractivity (Wildman–Crippen MR) is 77.2 cm³/mol. The molecule has 1 heterocycles. The lowest BCUT2D eigenvalue weighted by atomic mass is 10.1. The number of benzene rings is 1. The van der Waals surface area contributed by atoms with Crippen LogP contribution in [-0.2, 0) is 0 Å². The quantitative estimate of drug-likeness (QED) is 0.845. The smallest absolute Gasteiger partial charge is 0.103 e. The molecule has 1 unspecified atom stereocenters. The summed E-state index contributed by atoms with van der Waals surface area (Å²) in [5.74, 6) is 0. The van der Waals surface area contributed by atoms with Crippen molar-refractivity contribution in [2.24, 2.45) is 0 Å². The third-order valence-corrected chi connectivity index (χ3v) is 4.24. The highest BCUT2D eigenvalue weighted by atomic mass is 32.2. The van der Waals surface area contributed by atoms with Gasteiger partial charge in [0.15, 0.2) is 0 Å². The molecule has 96 valence electrons. The molecule has 0 radical (unpaired) electrons. The fourth-order valence-corrected chi connectivity index (χ4v) is 3.21. The van der Waals surface area contributed by atoms with Gasteiger partial charge in [0, 0.05) is 24.0 Å². The Hall–Kier alpha value is -1.18. The van der Waals surface area contributed by atoms with Crippen LogP contribution in [0, 0.1) is 11.3 Å². The van der Waals surface area contributed by atoms with Gasteiger partial charge in [0.05, 0.1) is 11.3 Å². The maximum Gasteiger partial charge on any atom is 0.103 e. The summed E-state index contributed by atoms with van der Waals surface area (Å²) in [6.45, 7) is 2.03. The van der Waals surface area contributed by atoms with E-state index in [1.807, 2.05) is 19.4 Å². The second-order valence-corrected chi connectivity index (χ2v) is 5.36. The molecule has 18 heavy (non-hydrogen) atoms. The molecule has 0 amide bonds. The van der Waals surface area contributed by atoms with Crippen molar-refractivity contribution in [1.82, 2.24) is 5.32 Å². The maximum absolute atomic E-state index is 9.40. The molecule has 1 aliphatic heterocycles. The van der Waals surface area contributed by atoms with E-state index in [0.717, 1.165) is 29.2 Å². The van der Waals surface area contributed by atoms with Gasteiger partial charge in [0.2, 0.25) is 0 Å². The summed E-state index contributed by atoms with van der Waals surface area (Å²) in [4.78, 5) is 3.46. The van der Waals surface area contributed by atoms with Crippen molar-refractivity contribution in [3.05, 3.63) is 23.8 Å². The molecule has 0 aromatic heterocycles. The number of anilines is 1. The van der Waals surface area contributed by atoms with E-state index < -0.39 is 0 Å². The highest BCUT2D eigenvalue weighted by molar-refractivity contribution is 7.98. The van der Waals surface area contributed by atoms with Crippen molar-refractivity contribution < 1.29 is 0 Å². The Labute approximate surface area is 113 Å². The Balaban J connectivity index is 2.35. The molecule has 0 aliphatic carbocycles. The summed E-state index contributed by atoms with van der Waals surface area (Å²) in [7, 11) is 1.99. The van der Waals surface area contributed by atoms with Crippen LogP contribution in [0.4, 0.5) is 5.69 Å². The first kappa shape index (κ1) is 13.3. The minimum atomic E-state index is 0.513.